The summed E-state index contributed by atoms with van der Waals surface area (Å²) in [6.45, 7) is 9.02. The fraction of sp³-hybridized carbons (Fsp3) is 0.571. The first kappa shape index (κ1) is 13.8. The maximum absolute atomic E-state index is 5.73. The van der Waals surface area contributed by atoms with Gasteiger partial charge in [-0.15, -0.1) is 0 Å². The Kier molecular flexibility index (Phi) is 5.29. The molecule has 3 N–H and O–H groups in total. The van der Waals surface area contributed by atoms with Crippen molar-refractivity contribution in [3.05, 3.63) is 24.3 Å². The van der Waals surface area contributed by atoms with Gasteiger partial charge in [-0.25, -0.2) is 0 Å². The first-order chi connectivity index (χ1) is 8.02. The number of nitrogens with one attached hydrogen (secondary N) is 1. The van der Waals surface area contributed by atoms with Gasteiger partial charge in [-0.3, -0.25) is 0 Å². The zero-order valence-electron chi connectivity index (χ0n) is 11.2. The summed E-state index contributed by atoms with van der Waals surface area (Å²) in [6.07, 6.45) is 0.210. The fourth-order valence-corrected chi connectivity index (χ4v) is 1.61. The largest absolute Gasteiger partial charge is 0.491 e. The first-order valence-electron chi connectivity index (χ1n) is 6.26. The minimum atomic E-state index is 0.210. The molecule has 96 valence electrons. The zero-order valence-corrected chi connectivity index (χ0v) is 11.2. The van der Waals surface area contributed by atoms with Crippen molar-refractivity contribution in [1.29, 1.82) is 0 Å². The number of hydrogen-bond acceptors (Lipinski definition) is 3. The van der Waals surface area contributed by atoms with Crippen molar-refractivity contribution in [2.75, 3.05) is 11.9 Å². The predicted molar refractivity (Wildman–Crippen MR) is 73.5 cm³/mol. The molecule has 0 aliphatic rings. The lowest BCUT2D eigenvalue weighted by Gasteiger charge is -2.22. The summed E-state index contributed by atoms with van der Waals surface area (Å²) in [5.74, 6) is 1.42. The highest BCUT2D eigenvalue weighted by molar-refractivity contribution is 5.47. The molecule has 1 aromatic carbocycles. The smallest absolute Gasteiger partial charge is 0.119 e. The van der Waals surface area contributed by atoms with Crippen LogP contribution in [0.4, 0.5) is 5.69 Å². The summed E-state index contributed by atoms with van der Waals surface area (Å²) < 4.78 is 5.60. The predicted octanol–water partition coefficient (Wildman–Crippen LogP) is 2.87. The van der Waals surface area contributed by atoms with Crippen molar-refractivity contribution in [3.8, 4) is 5.75 Å². The van der Waals surface area contributed by atoms with Crippen molar-refractivity contribution in [1.82, 2.24) is 0 Å². The third-order valence-corrected chi connectivity index (χ3v) is 2.64. The van der Waals surface area contributed by atoms with Gasteiger partial charge < -0.3 is 15.8 Å². The van der Waals surface area contributed by atoms with E-state index < -0.39 is 0 Å². The van der Waals surface area contributed by atoms with Gasteiger partial charge in [0.25, 0.3) is 0 Å². The minimum Gasteiger partial charge on any atom is -0.491 e. The summed E-state index contributed by atoms with van der Waals surface area (Å²) in [7, 11) is 0. The van der Waals surface area contributed by atoms with Gasteiger partial charge in [0.15, 0.2) is 0 Å². The van der Waals surface area contributed by atoms with Crippen LogP contribution in [0.5, 0.6) is 5.75 Å². The Labute approximate surface area is 104 Å². The standard InChI is InChI=1S/C14H24N2O/c1-10(2)14(9-15)16-12-5-7-13(8-6-12)17-11(3)4/h5-8,10-11,14,16H,9,15H2,1-4H3. The van der Waals surface area contributed by atoms with Crippen LogP contribution < -0.4 is 15.8 Å². The van der Waals surface area contributed by atoms with Crippen LogP contribution in [0.25, 0.3) is 0 Å². The molecule has 0 radical (unpaired) electrons. The molecule has 3 nitrogen and oxygen atoms in total. The maximum atomic E-state index is 5.73. The van der Waals surface area contributed by atoms with Crippen LogP contribution in [-0.2, 0) is 0 Å². The Morgan fingerprint density at radius 1 is 1.12 bits per heavy atom. The van der Waals surface area contributed by atoms with Gasteiger partial charge in [-0.1, -0.05) is 13.8 Å². The molecular weight excluding hydrogens is 212 g/mol. The lowest BCUT2D eigenvalue weighted by molar-refractivity contribution is 0.242. The summed E-state index contributed by atoms with van der Waals surface area (Å²) in [5.41, 5.74) is 6.82. The van der Waals surface area contributed by atoms with Crippen LogP contribution in [0.3, 0.4) is 0 Å². The Bertz CT molecular complexity index is 319. The van der Waals surface area contributed by atoms with Crippen LogP contribution >= 0.6 is 0 Å². The average Bonchev–Trinajstić information content (AvgIpc) is 2.26. The number of anilines is 1. The molecule has 0 heterocycles. The molecule has 0 aromatic heterocycles. The molecule has 0 saturated heterocycles. The van der Waals surface area contributed by atoms with Crippen LogP contribution in [0, 0.1) is 5.92 Å². The lowest BCUT2D eigenvalue weighted by Crippen LogP contribution is -2.33. The normalized spacial score (nSPS) is 12.9. The molecule has 0 aliphatic carbocycles. The monoisotopic (exact) mass is 236 g/mol. The second kappa shape index (κ2) is 6.50. The van der Waals surface area contributed by atoms with Crippen molar-refractivity contribution < 1.29 is 4.74 Å². The van der Waals surface area contributed by atoms with E-state index in [9.17, 15) is 0 Å². The van der Waals surface area contributed by atoms with E-state index in [1.165, 1.54) is 0 Å². The highest BCUT2D eigenvalue weighted by atomic mass is 16.5. The molecule has 1 rings (SSSR count). The number of nitrogens with two attached hydrogens (primary N) is 1. The minimum absolute atomic E-state index is 0.210. The van der Waals surface area contributed by atoms with Crippen molar-refractivity contribution in [2.45, 2.75) is 39.8 Å². The molecule has 1 aromatic rings. The van der Waals surface area contributed by atoms with Gasteiger partial charge in [0.2, 0.25) is 0 Å². The van der Waals surface area contributed by atoms with Gasteiger partial charge >= 0.3 is 0 Å². The SMILES string of the molecule is CC(C)Oc1ccc(NC(CN)C(C)C)cc1. The van der Waals surface area contributed by atoms with E-state index in [0.29, 0.717) is 18.5 Å². The molecule has 1 atom stereocenters. The Hall–Kier alpha value is -1.22. The molecule has 0 saturated carbocycles. The van der Waals surface area contributed by atoms with E-state index in [-0.39, 0.29) is 6.10 Å². The molecule has 0 amide bonds. The molecule has 1 unspecified atom stereocenters. The zero-order chi connectivity index (χ0) is 12.8. The van der Waals surface area contributed by atoms with E-state index in [2.05, 4.69) is 19.2 Å². The molecule has 17 heavy (non-hydrogen) atoms. The third kappa shape index (κ3) is 4.65. The number of rotatable bonds is 6. The summed E-state index contributed by atoms with van der Waals surface area (Å²) in [4.78, 5) is 0. The van der Waals surface area contributed by atoms with Gasteiger partial charge in [0.1, 0.15) is 5.75 Å². The van der Waals surface area contributed by atoms with E-state index in [1.54, 1.807) is 0 Å². The highest BCUT2D eigenvalue weighted by Gasteiger charge is 2.10. The Morgan fingerprint density at radius 3 is 2.12 bits per heavy atom. The fourth-order valence-electron chi connectivity index (χ4n) is 1.61. The van der Waals surface area contributed by atoms with Gasteiger partial charge in [-0.05, 0) is 44.0 Å². The molecule has 0 spiro atoms. The summed E-state index contributed by atoms with van der Waals surface area (Å²) in [5, 5.41) is 3.43. The lowest BCUT2D eigenvalue weighted by atomic mass is 10.0. The van der Waals surface area contributed by atoms with Gasteiger partial charge in [0.05, 0.1) is 6.10 Å². The Balaban J connectivity index is 2.61. The molecule has 0 fully saturated rings. The second-order valence-corrected chi connectivity index (χ2v) is 4.92. The van der Waals surface area contributed by atoms with E-state index in [0.717, 1.165) is 11.4 Å². The van der Waals surface area contributed by atoms with E-state index in [1.807, 2.05) is 38.1 Å². The number of ether oxygens (including phenoxy) is 1. The Morgan fingerprint density at radius 2 is 1.71 bits per heavy atom. The maximum Gasteiger partial charge on any atom is 0.119 e. The van der Waals surface area contributed by atoms with Crippen molar-refractivity contribution >= 4 is 5.69 Å². The number of hydrogen-bond donors (Lipinski definition) is 2. The van der Waals surface area contributed by atoms with Gasteiger partial charge in [-0.2, -0.15) is 0 Å². The van der Waals surface area contributed by atoms with E-state index in [4.69, 9.17) is 10.5 Å². The topological polar surface area (TPSA) is 47.3 Å². The quantitative estimate of drug-likeness (QED) is 0.798. The second-order valence-electron chi connectivity index (χ2n) is 4.92. The summed E-state index contributed by atoms with van der Waals surface area (Å²) >= 11 is 0. The van der Waals surface area contributed by atoms with Gasteiger partial charge in [0, 0.05) is 18.3 Å². The van der Waals surface area contributed by atoms with E-state index >= 15 is 0 Å². The molecule has 0 bridgehead atoms. The highest BCUT2D eigenvalue weighted by Crippen LogP contribution is 2.18. The first-order valence-corrected chi connectivity index (χ1v) is 6.26. The van der Waals surface area contributed by atoms with Crippen molar-refractivity contribution in [3.63, 3.8) is 0 Å². The van der Waals surface area contributed by atoms with Crippen LogP contribution in [0.2, 0.25) is 0 Å². The molecule has 0 aliphatic heterocycles. The molecular formula is C14H24N2O. The summed E-state index contributed by atoms with van der Waals surface area (Å²) in [6, 6.07) is 8.34. The third-order valence-electron chi connectivity index (χ3n) is 2.64. The van der Waals surface area contributed by atoms with Crippen LogP contribution in [0.15, 0.2) is 24.3 Å². The average molecular weight is 236 g/mol. The van der Waals surface area contributed by atoms with Crippen LogP contribution in [-0.4, -0.2) is 18.7 Å². The van der Waals surface area contributed by atoms with Crippen LogP contribution in [0.1, 0.15) is 27.7 Å². The molecule has 3 heteroatoms. The van der Waals surface area contributed by atoms with Crippen molar-refractivity contribution in [2.24, 2.45) is 11.7 Å². The number of benzene rings is 1.